The maximum absolute atomic E-state index is 12.0. The summed E-state index contributed by atoms with van der Waals surface area (Å²) in [6.07, 6.45) is -92.9. The highest BCUT2D eigenvalue weighted by Crippen LogP contribution is 2.39. The number of hydrogen-bond donors (Lipinski definition) is 28. The van der Waals surface area contributed by atoms with Gasteiger partial charge in [0.05, 0.1) is 65.6 Å². The molecule has 10 rings (SSSR count). The fraction of sp³-hybridized carbons (Fsp3) is 1.00. The molecule has 0 aromatic heterocycles. The topological polar surface area (TPSA) is 742 Å². The molecule has 104 heavy (non-hydrogen) atoms. The monoisotopic (exact) mass is 1530 g/mol. The van der Waals surface area contributed by atoms with E-state index in [4.69, 9.17) is 90.0 Å². The molecule has 0 aliphatic carbocycles. The Morgan fingerprint density at radius 1 is 0.231 bits per heavy atom. The summed E-state index contributed by atoms with van der Waals surface area (Å²) in [7, 11) is 0. The maximum Gasteiger partial charge on any atom is 0.187 e. The molecular weight excluding hydrogens is 1440 g/mol. The van der Waals surface area contributed by atoms with Crippen LogP contribution >= 0.6 is 0 Å². The lowest BCUT2D eigenvalue weighted by molar-refractivity contribution is -0.395. The van der Waals surface area contributed by atoms with Crippen molar-refractivity contribution in [3.8, 4) is 0 Å². The van der Waals surface area contributed by atoms with E-state index < -0.39 is 348 Å². The number of ether oxygens (including phenoxy) is 19. The Morgan fingerprint density at radius 3 is 0.981 bits per heavy atom. The van der Waals surface area contributed by atoms with E-state index in [1.165, 1.54) is 6.92 Å². The van der Waals surface area contributed by atoms with Crippen LogP contribution in [0.2, 0.25) is 0 Å². The molecule has 0 bridgehead atoms. The molecule has 0 unspecified atom stereocenters. The Bertz CT molecular complexity index is 2600. The van der Waals surface area contributed by atoms with Crippen LogP contribution in [0.3, 0.4) is 0 Å². The predicted molar refractivity (Wildman–Crippen MR) is 310 cm³/mol. The van der Waals surface area contributed by atoms with E-state index in [-0.39, 0.29) is 0 Å². The standard InChI is InChI=1S/C57H96O47/c1-11-21(64)28(71)37(80)50(92-11)103-47-31(74)25(68)15(2-58)94-57(47)104-46-24(67)14(63)7-88-56(46)91-10-20-44(34(77)41(84)54(98-20)99-42-16(3-59)93-48(85)35(78)32(42)75)101-52-39(82)30(73)27(70)19(97-52)9-90-55-45(23(66)13(62)6-87-55)102-53-40(83)33(76)43(17(4-60)95-53)100-51-38(81)29(72)26(69)18(96-51)8-89-49-36(79)22(65)12(61)5-86-49/h11-85H,2-10H2,1H3/t11-,12+,13+,14+,15+,16+,17+,18+,19+,20+,21+,22-,23-,24-,25-,26+,27+,28+,29-,30-,31-,32+,33+,34+,35+,36+,37-,38+,39+,40+,41+,42+,43-,44+,45+,46+,47+,48-,49+,50-,51-,52-,53-,54-,55+,56+,57-/m0/s1. The van der Waals surface area contributed by atoms with Crippen LogP contribution in [0.15, 0.2) is 0 Å². The summed E-state index contributed by atoms with van der Waals surface area (Å²) in [6.45, 7) is -6.56. The third-order valence-corrected chi connectivity index (χ3v) is 19.6. The van der Waals surface area contributed by atoms with Crippen molar-refractivity contribution in [2.24, 2.45) is 0 Å². The van der Waals surface area contributed by atoms with E-state index in [1.54, 1.807) is 0 Å². The Kier molecular flexibility index (Phi) is 29.5. The lowest BCUT2D eigenvalue weighted by Gasteiger charge is -2.49. The van der Waals surface area contributed by atoms with Crippen LogP contribution in [0.5, 0.6) is 0 Å². The van der Waals surface area contributed by atoms with Gasteiger partial charge in [-0.15, -0.1) is 0 Å². The van der Waals surface area contributed by atoms with E-state index in [1.807, 2.05) is 0 Å². The molecule has 47 heteroatoms. The normalized spacial score (nSPS) is 54.4. The molecule has 0 aromatic carbocycles. The molecule has 0 aromatic rings. The van der Waals surface area contributed by atoms with Crippen LogP contribution in [-0.4, -0.2) is 491 Å². The van der Waals surface area contributed by atoms with Crippen molar-refractivity contribution in [3.05, 3.63) is 0 Å². The Hall–Kier alpha value is -1.88. The minimum Gasteiger partial charge on any atom is -0.394 e. The first-order valence-electron chi connectivity index (χ1n) is 33.3. The van der Waals surface area contributed by atoms with Gasteiger partial charge in [-0.05, 0) is 6.92 Å². The molecule has 606 valence electrons. The quantitative estimate of drug-likeness (QED) is 0.0427. The van der Waals surface area contributed by atoms with Gasteiger partial charge in [0.2, 0.25) is 0 Å². The smallest absolute Gasteiger partial charge is 0.187 e. The fourth-order valence-electron chi connectivity index (χ4n) is 13.2. The van der Waals surface area contributed by atoms with Gasteiger partial charge in [0.1, 0.15) is 220 Å². The van der Waals surface area contributed by atoms with Crippen LogP contribution in [0.25, 0.3) is 0 Å². The van der Waals surface area contributed by atoms with Gasteiger partial charge in [0.15, 0.2) is 62.9 Å². The van der Waals surface area contributed by atoms with Crippen LogP contribution in [0.1, 0.15) is 6.92 Å². The molecule has 0 amide bonds. The number of aliphatic hydroxyl groups is 28. The molecule has 28 N–H and O–H groups in total. The first kappa shape index (κ1) is 84.6. The van der Waals surface area contributed by atoms with Crippen LogP contribution < -0.4 is 0 Å². The summed E-state index contributed by atoms with van der Waals surface area (Å²) in [6, 6.07) is 0. The molecule has 10 fully saturated rings. The van der Waals surface area contributed by atoms with Gasteiger partial charge in [0.25, 0.3) is 0 Å². The van der Waals surface area contributed by atoms with Crippen LogP contribution in [0, 0.1) is 0 Å². The lowest BCUT2D eigenvalue weighted by atomic mass is 9.96. The summed E-state index contributed by atoms with van der Waals surface area (Å²) in [5, 5.41) is 304. The number of rotatable bonds is 24. The van der Waals surface area contributed by atoms with Crippen molar-refractivity contribution in [1.29, 1.82) is 0 Å². The Morgan fingerprint density at radius 2 is 0.519 bits per heavy atom. The van der Waals surface area contributed by atoms with Gasteiger partial charge in [-0.25, -0.2) is 0 Å². The summed E-state index contributed by atoms with van der Waals surface area (Å²) < 4.78 is 108. The molecule has 0 spiro atoms. The predicted octanol–water partition coefficient (Wildman–Crippen LogP) is -19.9. The van der Waals surface area contributed by atoms with Gasteiger partial charge in [0, 0.05) is 0 Å². The highest BCUT2D eigenvalue weighted by atomic mass is 16.8. The van der Waals surface area contributed by atoms with Gasteiger partial charge in [-0.2, -0.15) is 0 Å². The minimum absolute atomic E-state index is 0.478. The molecule has 10 saturated heterocycles. The molecule has 47 nitrogen and oxygen atoms in total. The van der Waals surface area contributed by atoms with Gasteiger partial charge in [-0.1, -0.05) is 0 Å². The average Bonchev–Trinajstić information content (AvgIpc) is 0.780. The molecule has 10 aliphatic rings. The van der Waals surface area contributed by atoms with E-state index in [9.17, 15) is 143 Å². The van der Waals surface area contributed by atoms with Gasteiger partial charge >= 0.3 is 0 Å². The second-order valence-corrected chi connectivity index (χ2v) is 26.8. The highest BCUT2D eigenvalue weighted by Gasteiger charge is 2.59. The second-order valence-electron chi connectivity index (χ2n) is 26.8. The first-order valence-corrected chi connectivity index (χ1v) is 33.3. The van der Waals surface area contributed by atoms with E-state index in [2.05, 4.69) is 0 Å². The van der Waals surface area contributed by atoms with Gasteiger partial charge < -0.3 is 233 Å². The molecule has 10 heterocycles. The average molecular weight is 1530 g/mol. The van der Waals surface area contributed by atoms with Crippen molar-refractivity contribution in [1.82, 2.24) is 0 Å². The van der Waals surface area contributed by atoms with E-state index in [0.29, 0.717) is 0 Å². The minimum atomic E-state index is -2.38. The lowest BCUT2D eigenvalue weighted by Crippen LogP contribution is -2.67. The molecule has 0 radical (unpaired) electrons. The van der Waals surface area contributed by atoms with E-state index in [0.717, 1.165) is 0 Å². The van der Waals surface area contributed by atoms with Crippen molar-refractivity contribution < 1.29 is 233 Å². The van der Waals surface area contributed by atoms with Crippen LogP contribution in [0.4, 0.5) is 0 Å². The second kappa shape index (κ2) is 36.3. The highest BCUT2D eigenvalue weighted by molar-refractivity contribution is 5.01. The third-order valence-electron chi connectivity index (χ3n) is 19.6. The summed E-state index contributed by atoms with van der Waals surface area (Å²) in [5.41, 5.74) is 0. The molecular formula is C57H96O47. The molecule has 0 saturated carbocycles. The van der Waals surface area contributed by atoms with Crippen molar-refractivity contribution in [2.75, 3.05) is 59.5 Å². The zero-order valence-electron chi connectivity index (χ0n) is 54.8. The summed E-state index contributed by atoms with van der Waals surface area (Å²) in [4.78, 5) is 0. The van der Waals surface area contributed by atoms with Crippen LogP contribution in [-0.2, 0) is 90.0 Å². The number of hydrogen-bond acceptors (Lipinski definition) is 47. The summed E-state index contributed by atoms with van der Waals surface area (Å²) in [5.74, 6) is 0. The zero-order chi connectivity index (χ0) is 75.9. The Balaban J connectivity index is 0.834. The van der Waals surface area contributed by atoms with Crippen molar-refractivity contribution >= 4 is 0 Å². The maximum atomic E-state index is 12.0. The number of aliphatic hydroxyl groups excluding tert-OH is 28. The fourth-order valence-corrected chi connectivity index (χ4v) is 13.2. The SMILES string of the molecule is C[C@@H]1O[C@@H](O[C@H]2[C@H](O[C@H]3[C@@H](OC[C@H]4O[C@@H](O[C@H]5[C@H](O)[C@@H](O)[C@@H](O)O[C@@H]5CO)[C@H](O)[C@@H](O)[C@@H]4O[C@@H]4O[C@H](CO[C@H]5OC[C@@H](O)[C@H](O)[C@H]5O[C@@H]5O[C@H](CO)[C@H](O[C@@H]6O[C@H](CO[C@H]7OC[C@@H](O)[C@H](O)[C@H]7O)[C@@H](O)[C@H](O)[C@H]6O)[C@H](O)[C@H]5O)[C@@H](O)[C@H](O)[C@H]4O)OC[C@@H](O)[C@@H]3O)O[C@H](CO)[C@H](O)[C@@H]2O)[C@@H](O)[C@H](O)[C@@H]1O. The molecule has 10 aliphatic heterocycles. The third kappa shape index (κ3) is 17.9. The zero-order valence-corrected chi connectivity index (χ0v) is 54.8. The van der Waals surface area contributed by atoms with E-state index >= 15 is 0 Å². The van der Waals surface area contributed by atoms with Crippen molar-refractivity contribution in [3.63, 3.8) is 0 Å². The molecule has 47 atom stereocenters. The summed E-state index contributed by atoms with van der Waals surface area (Å²) >= 11 is 0. The largest absolute Gasteiger partial charge is 0.394 e. The van der Waals surface area contributed by atoms with Gasteiger partial charge in [-0.3, -0.25) is 0 Å². The van der Waals surface area contributed by atoms with Crippen molar-refractivity contribution in [2.45, 2.75) is 296 Å². The Labute approximate surface area is 587 Å². The first-order chi connectivity index (χ1) is 49.2.